The number of benzene rings is 1. The van der Waals surface area contributed by atoms with Crippen LogP contribution in [0, 0.1) is 0 Å². The number of amides is 1. The van der Waals surface area contributed by atoms with Crippen molar-refractivity contribution in [1.29, 1.82) is 0 Å². The van der Waals surface area contributed by atoms with Crippen LogP contribution in [0.25, 0.3) is 0 Å². The molecular weight excluding hydrogens is 252 g/mol. The van der Waals surface area contributed by atoms with Crippen LogP contribution in [-0.4, -0.2) is 24.6 Å². The number of para-hydroxylation sites is 1. The van der Waals surface area contributed by atoms with Gasteiger partial charge >= 0.3 is 0 Å². The Morgan fingerprint density at radius 2 is 1.80 bits per heavy atom. The largest absolute Gasteiger partial charge is 0.491 e. The van der Waals surface area contributed by atoms with Crippen molar-refractivity contribution in [3.63, 3.8) is 0 Å². The van der Waals surface area contributed by atoms with Gasteiger partial charge in [0.05, 0.1) is 17.7 Å². The van der Waals surface area contributed by atoms with Crippen LogP contribution in [-0.2, 0) is 4.79 Å². The van der Waals surface area contributed by atoms with E-state index >= 15 is 0 Å². The summed E-state index contributed by atoms with van der Waals surface area (Å²) in [6.45, 7) is 9.65. The summed E-state index contributed by atoms with van der Waals surface area (Å²) in [5, 5.41) is 6.02. The molecule has 0 fully saturated rings. The number of rotatable bonds is 6. The van der Waals surface area contributed by atoms with Crippen molar-refractivity contribution in [3.8, 4) is 5.75 Å². The molecule has 0 aliphatic carbocycles. The summed E-state index contributed by atoms with van der Waals surface area (Å²) in [6, 6.07) is 7.70. The van der Waals surface area contributed by atoms with Gasteiger partial charge in [-0.25, -0.2) is 0 Å². The van der Waals surface area contributed by atoms with E-state index < -0.39 is 5.54 Å². The first-order valence-electron chi connectivity index (χ1n) is 7.03. The summed E-state index contributed by atoms with van der Waals surface area (Å²) in [5.41, 5.74) is 0.392. The van der Waals surface area contributed by atoms with Gasteiger partial charge in [-0.05, 0) is 47.7 Å². The molecule has 0 aliphatic heterocycles. The highest BCUT2D eigenvalue weighted by Gasteiger charge is 2.27. The van der Waals surface area contributed by atoms with Crippen LogP contribution in [0.3, 0.4) is 0 Å². The number of nitrogens with one attached hydrogen (secondary N) is 2. The minimum absolute atomic E-state index is 0.0353. The SMILES string of the molecule is CNC(C)(C)C(=O)NC(C)c1ccccc1OC(C)C. The quantitative estimate of drug-likeness (QED) is 0.841. The number of hydrogen-bond donors (Lipinski definition) is 2. The predicted octanol–water partition coefficient (Wildman–Crippen LogP) is 2.65. The summed E-state index contributed by atoms with van der Waals surface area (Å²) in [7, 11) is 1.78. The van der Waals surface area contributed by atoms with Gasteiger partial charge in [0.1, 0.15) is 5.75 Å². The van der Waals surface area contributed by atoms with Crippen LogP contribution >= 0.6 is 0 Å². The van der Waals surface area contributed by atoms with E-state index in [1.807, 2.05) is 58.9 Å². The third-order valence-electron chi connectivity index (χ3n) is 3.29. The Balaban J connectivity index is 2.87. The van der Waals surface area contributed by atoms with Crippen molar-refractivity contribution in [2.75, 3.05) is 7.05 Å². The molecule has 0 aromatic heterocycles. The van der Waals surface area contributed by atoms with Gasteiger partial charge in [-0.3, -0.25) is 4.79 Å². The van der Waals surface area contributed by atoms with Crippen LogP contribution in [0.2, 0.25) is 0 Å². The average Bonchev–Trinajstić information content (AvgIpc) is 2.38. The van der Waals surface area contributed by atoms with Gasteiger partial charge in [-0.1, -0.05) is 18.2 Å². The maximum Gasteiger partial charge on any atom is 0.240 e. The van der Waals surface area contributed by atoms with E-state index in [9.17, 15) is 4.79 Å². The van der Waals surface area contributed by atoms with Crippen molar-refractivity contribution in [3.05, 3.63) is 29.8 Å². The monoisotopic (exact) mass is 278 g/mol. The molecule has 20 heavy (non-hydrogen) atoms. The molecule has 0 aliphatic rings. The normalized spacial score (nSPS) is 13.2. The van der Waals surface area contributed by atoms with E-state index in [1.165, 1.54) is 0 Å². The highest BCUT2D eigenvalue weighted by atomic mass is 16.5. The molecule has 1 amide bonds. The molecule has 1 aromatic rings. The zero-order chi connectivity index (χ0) is 15.3. The molecule has 4 nitrogen and oxygen atoms in total. The Kier molecular flexibility index (Phi) is 5.57. The Morgan fingerprint density at radius 3 is 2.35 bits per heavy atom. The fraction of sp³-hybridized carbons (Fsp3) is 0.562. The van der Waals surface area contributed by atoms with E-state index in [4.69, 9.17) is 4.74 Å². The standard InChI is InChI=1S/C16H26N2O2/c1-11(2)20-14-10-8-7-9-13(14)12(3)18-15(19)16(4,5)17-6/h7-12,17H,1-6H3,(H,18,19). The molecule has 0 bridgehead atoms. The van der Waals surface area contributed by atoms with Crippen LogP contribution in [0.1, 0.15) is 46.2 Å². The third-order valence-corrected chi connectivity index (χ3v) is 3.29. The van der Waals surface area contributed by atoms with Gasteiger partial charge in [0.15, 0.2) is 0 Å². The summed E-state index contributed by atoms with van der Waals surface area (Å²) < 4.78 is 5.79. The lowest BCUT2D eigenvalue weighted by molar-refractivity contribution is -0.126. The third kappa shape index (κ3) is 4.23. The van der Waals surface area contributed by atoms with Gasteiger partial charge in [0.2, 0.25) is 5.91 Å². The van der Waals surface area contributed by atoms with Crippen LogP contribution in [0.5, 0.6) is 5.75 Å². The fourth-order valence-electron chi connectivity index (χ4n) is 1.77. The Labute approximate surface area is 121 Å². The molecule has 0 saturated carbocycles. The summed E-state index contributed by atoms with van der Waals surface area (Å²) in [4.78, 5) is 12.2. The maximum atomic E-state index is 12.2. The lowest BCUT2D eigenvalue weighted by Crippen LogP contribution is -2.51. The van der Waals surface area contributed by atoms with Gasteiger partial charge in [-0.15, -0.1) is 0 Å². The van der Waals surface area contributed by atoms with Gasteiger partial charge < -0.3 is 15.4 Å². The lowest BCUT2D eigenvalue weighted by Gasteiger charge is -2.26. The van der Waals surface area contributed by atoms with E-state index in [0.29, 0.717) is 0 Å². The highest BCUT2D eigenvalue weighted by molar-refractivity contribution is 5.85. The molecule has 1 atom stereocenters. The second-order valence-electron chi connectivity index (χ2n) is 5.77. The molecule has 4 heteroatoms. The van der Waals surface area contributed by atoms with E-state index in [0.717, 1.165) is 11.3 Å². The molecular formula is C16H26N2O2. The van der Waals surface area contributed by atoms with Crippen LogP contribution in [0.15, 0.2) is 24.3 Å². The van der Waals surface area contributed by atoms with Gasteiger partial charge in [0, 0.05) is 5.56 Å². The van der Waals surface area contributed by atoms with Crippen molar-refractivity contribution < 1.29 is 9.53 Å². The number of carbonyl (C=O) groups excluding carboxylic acids is 1. The fourth-order valence-corrected chi connectivity index (χ4v) is 1.77. The molecule has 1 aromatic carbocycles. The topological polar surface area (TPSA) is 50.4 Å². The highest BCUT2D eigenvalue weighted by Crippen LogP contribution is 2.26. The van der Waals surface area contributed by atoms with E-state index in [-0.39, 0.29) is 18.1 Å². The minimum Gasteiger partial charge on any atom is -0.491 e. The lowest BCUT2D eigenvalue weighted by atomic mass is 10.0. The number of ether oxygens (including phenoxy) is 1. The van der Waals surface area contributed by atoms with Crippen molar-refractivity contribution in [2.45, 2.75) is 52.3 Å². The zero-order valence-corrected chi connectivity index (χ0v) is 13.3. The van der Waals surface area contributed by atoms with Crippen molar-refractivity contribution in [1.82, 2.24) is 10.6 Å². The maximum absolute atomic E-state index is 12.2. The zero-order valence-electron chi connectivity index (χ0n) is 13.3. The summed E-state index contributed by atoms with van der Waals surface area (Å²) >= 11 is 0. The smallest absolute Gasteiger partial charge is 0.240 e. The van der Waals surface area contributed by atoms with Crippen LogP contribution in [0.4, 0.5) is 0 Å². The first-order valence-corrected chi connectivity index (χ1v) is 7.03. The van der Waals surface area contributed by atoms with E-state index in [2.05, 4.69) is 10.6 Å². The first kappa shape index (κ1) is 16.5. The molecule has 112 valence electrons. The van der Waals surface area contributed by atoms with E-state index in [1.54, 1.807) is 7.05 Å². The summed E-state index contributed by atoms with van der Waals surface area (Å²) in [5.74, 6) is 0.782. The molecule has 1 rings (SSSR count). The Morgan fingerprint density at radius 1 is 1.20 bits per heavy atom. The van der Waals surface area contributed by atoms with Gasteiger partial charge in [-0.2, -0.15) is 0 Å². The predicted molar refractivity (Wildman–Crippen MR) is 81.9 cm³/mol. The van der Waals surface area contributed by atoms with Crippen LogP contribution < -0.4 is 15.4 Å². The average molecular weight is 278 g/mol. The molecule has 0 saturated heterocycles. The second kappa shape index (κ2) is 6.75. The van der Waals surface area contributed by atoms with Gasteiger partial charge in [0.25, 0.3) is 0 Å². The van der Waals surface area contributed by atoms with Crippen molar-refractivity contribution in [2.24, 2.45) is 0 Å². The molecule has 2 N–H and O–H groups in total. The number of likely N-dealkylation sites (N-methyl/N-ethyl adjacent to an activating group) is 1. The first-order chi connectivity index (χ1) is 9.27. The van der Waals surface area contributed by atoms with Crippen molar-refractivity contribution >= 4 is 5.91 Å². The molecule has 0 spiro atoms. The summed E-state index contributed by atoms with van der Waals surface area (Å²) in [6.07, 6.45) is 0.104. The Bertz CT molecular complexity index is 456. The number of hydrogen-bond acceptors (Lipinski definition) is 3. The molecule has 0 radical (unpaired) electrons. The second-order valence-corrected chi connectivity index (χ2v) is 5.77. The Hall–Kier alpha value is -1.55. The molecule has 0 heterocycles. The minimum atomic E-state index is -0.595. The number of carbonyl (C=O) groups is 1. The molecule has 1 unspecified atom stereocenters.